The van der Waals surface area contributed by atoms with Gasteiger partial charge in [0, 0.05) is 6.07 Å². The smallest absolute Gasteiger partial charge is 0.358 e. The van der Waals surface area contributed by atoms with Crippen LogP contribution in [0.25, 0.3) is 5.69 Å². The Morgan fingerprint density at radius 2 is 2.00 bits per heavy atom. The van der Waals surface area contributed by atoms with E-state index in [0.717, 1.165) is 10.7 Å². The van der Waals surface area contributed by atoms with Gasteiger partial charge in [0.25, 0.3) is 0 Å². The molecule has 94 valence electrons. The van der Waals surface area contributed by atoms with Crippen molar-refractivity contribution in [3.8, 4) is 5.69 Å². The molecule has 1 heterocycles. The molecule has 0 bridgehead atoms. The Morgan fingerprint density at radius 1 is 1.33 bits per heavy atom. The molecule has 4 nitrogen and oxygen atoms in total. The predicted octanol–water partition coefficient (Wildman–Crippen LogP) is 2.33. The molecular formula is C12H10F2N2O2. The minimum Gasteiger partial charge on any atom is -0.461 e. The number of halogens is 2. The van der Waals surface area contributed by atoms with E-state index in [0.29, 0.717) is 5.69 Å². The molecule has 2 rings (SSSR count). The van der Waals surface area contributed by atoms with Gasteiger partial charge in [0.2, 0.25) is 5.95 Å². The van der Waals surface area contributed by atoms with Gasteiger partial charge >= 0.3 is 5.97 Å². The van der Waals surface area contributed by atoms with Crippen LogP contribution < -0.4 is 0 Å². The first-order chi connectivity index (χ1) is 8.61. The number of nitrogens with zero attached hydrogens (tertiary/aromatic N) is 2. The molecule has 1 aromatic carbocycles. The quantitative estimate of drug-likeness (QED) is 0.787. The minimum absolute atomic E-state index is 0.126. The summed E-state index contributed by atoms with van der Waals surface area (Å²) in [5.41, 5.74) is 0.197. The third-order valence-electron chi connectivity index (χ3n) is 2.22. The summed E-state index contributed by atoms with van der Waals surface area (Å²) in [6.45, 7) is 1.83. The van der Waals surface area contributed by atoms with Gasteiger partial charge in [-0.25, -0.2) is 13.9 Å². The highest BCUT2D eigenvalue weighted by atomic mass is 19.1. The van der Waals surface area contributed by atoms with Crippen LogP contribution in [-0.2, 0) is 4.74 Å². The summed E-state index contributed by atoms with van der Waals surface area (Å²) in [4.78, 5) is 11.4. The molecule has 0 atom stereocenters. The largest absolute Gasteiger partial charge is 0.461 e. The molecule has 0 aliphatic rings. The lowest BCUT2D eigenvalue weighted by molar-refractivity contribution is 0.0519. The highest BCUT2D eigenvalue weighted by Gasteiger charge is 2.16. The van der Waals surface area contributed by atoms with Crippen molar-refractivity contribution in [1.29, 1.82) is 0 Å². The number of ether oxygens (including phenoxy) is 1. The van der Waals surface area contributed by atoms with Crippen molar-refractivity contribution in [3.63, 3.8) is 0 Å². The molecule has 0 radical (unpaired) electrons. The monoisotopic (exact) mass is 252 g/mol. The Kier molecular flexibility index (Phi) is 3.36. The molecule has 0 N–H and O–H groups in total. The summed E-state index contributed by atoms with van der Waals surface area (Å²) in [5.74, 6) is -1.85. The van der Waals surface area contributed by atoms with E-state index in [1.807, 2.05) is 0 Å². The number of esters is 1. The Balaban J connectivity index is 2.34. The van der Waals surface area contributed by atoms with Crippen LogP contribution in [-0.4, -0.2) is 22.4 Å². The van der Waals surface area contributed by atoms with E-state index < -0.39 is 17.7 Å². The van der Waals surface area contributed by atoms with Gasteiger partial charge in [0.15, 0.2) is 5.69 Å². The molecule has 2 aromatic rings. The zero-order valence-electron chi connectivity index (χ0n) is 9.56. The maximum Gasteiger partial charge on any atom is 0.358 e. The lowest BCUT2D eigenvalue weighted by Gasteiger charge is -2.01. The van der Waals surface area contributed by atoms with Gasteiger partial charge < -0.3 is 4.74 Å². The van der Waals surface area contributed by atoms with Gasteiger partial charge in [0.05, 0.1) is 12.3 Å². The third kappa shape index (κ3) is 2.37. The van der Waals surface area contributed by atoms with Crippen LogP contribution in [0, 0.1) is 11.8 Å². The summed E-state index contributed by atoms with van der Waals surface area (Å²) in [7, 11) is 0. The van der Waals surface area contributed by atoms with Gasteiger partial charge in [-0.3, -0.25) is 0 Å². The second-order valence-electron chi connectivity index (χ2n) is 3.46. The second-order valence-corrected chi connectivity index (χ2v) is 3.46. The Bertz CT molecular complexity index is 564. The number of benzene rings is 1. The number of hydrogen-bond acceptors (Lipinski definition) is 3. The maximum absolute atomic E-state index is 13.6. The highest BCUT2D eigenvalue weighted by Crippen LogP contribution is 2.13. The zero-order valence-corrected chi connectivity index (χ0v) is 9.56. The van der Waals surface area contributed by atoms with Crippen molar-refractivity contribution < 1.29 is 18.3 Å². The number of carbonyl (C=O) groups excluding carboxylic acids is 1. The van der Waals surface area contributed by atoms with Crippen LogP contribution in [0.2, 0.25) is 0 Å². The normalized spacial score (nSPS) is 10.4. The van der Waals surface area contributed by atoms with Crippen molar-refractivity contribution in [1.82, 2.24) is 9.78 Å². The summed E-state index contributed by atoms with van der Waals surface area (Å²) < 4.78 is 32.0. The van der Waals surface area contributed by atoms with E-state index in [-0.39, 0.29) is 12.3 Å². The molecule has 0 fully saturated rings. The second kappa shape index (κ2) is 4.95. The average Bonchev–Trinajstić information content (AvgIpc) is 2.73. The van der Waals surface area contributed by atoms with Gasteiger partial charge in [-0.1, -0.05) is 0 Å². The average molecular weight is 252 g/mol. The first-order valence-electron chi connectivity index (χ1n) is 5.30. The van der Waals surface area contributed by atoms with Crippen LogP contribution in [0.3, 0.4) is 0 Å². The molecule has 0 aliphatic heterocycles. The molecule has 1 aromatic heterocycles. The van der Waals surface area contributed by atoms with Crippen molar-refractivity contribution in [2.45, 2.75) is 6.92 Å². The lowest BCUT2D eigenvalue weighted by atomic mass is 10.3. The highest BCUT2D eigenvalue weighted by molar-refractivity contribution is 5.87. The molecule has 6 heteroatoms. The number of carbonyl (C=O) groups is 1. The maximum atomic E-state index is 13.6. The van der Waals surface area contributed by atoms with E-state index in [4.69, 9.17) is 4.74 Å². The van der Waals surface area contributed by atoms with Gasteiger partial charge in [-0.2, -0.15) is 9.49 Å². The molecular weight excluding hydrogens is 242 g/mol. The topological polar surface area (TPSA) is 44.1 Å². The fourth-order valence-corrected chi connectivity index (χ4v) is 1.43. The van der Waals surface area contributed by atoms with Crippen LogP contribution >= 0.6 is 0 Å². The fraction of sp³-hybridized carbons (Fsp3) is 0.167. The molecule has 0 saturated heterocycles. The van der Waals surface area contributed by atoms with Crippen molar-refractivity contribution in [3.05, 3.63) is 47.8 Å². The fourth-order valence-electron chi connectivity index (χ4n) is 1.43. The van der Waals surface area contributed by atoms with Crippen LogP contribution in [0.1, 0.15) is 17.4 Å². The van der Waals surface area contributed by atoms with Gasteiger partial charge in [0.1, 0.15) is 5.82 Å². The van der Waals surface area contributed by atoms with Crippen LogP contribution in [0.4, 0.5) is 8.78 Å². The third-order valence-corrected chi connectivity index (χ3v) is 2.22. The number of hydrogen-bond donors (Lipinski definition) is 0. The summed E-state index contributed by atoms with van der Waals surface area (Å²) in [5, 5.41) is 3.77. The van der Waals surface area contributed by atoms with Crippen LogP contribution in [0.5, 0.6) is 0 Å². The Hall–Kier alpha value is -2.24. The molecule has 0 aliphatic carbocycles. The Labute approximate surface area is 102 Å². The van der Waals surface area contributed by atoms with Crippen molar-refractivity contribution >= 4 is 5.97 Å². The van der Waals surface area contributed by atoms with E-state index in [1.54, 1.807) is 6.92 Å². The lowest BCUT2D eigenvalue weighted by Crippen LogP contribution is -2.06. The van der Waals surface area contributed by atoms with Crippen molar-refractivity contribution in [2.75, 3.05) is 6.61 Å². The summed E-state index contributed by atoms with van der Waals surface area (Å²) in [6, 6.07) is 6.06. The van der Waals surface area contributed by atoms with Crippen molar-refractivity contribution in [2.24, 2.45) is 0 Å². The van der Waals surface area contributed by atoms with E-state index in [9.17, 15) is 13.6 Å². The standard InChI is InChI=1S/C12H10F2N2O2/c1-2-18-12(17)10-7-11(14)16(15-10)9-5-3-8(13)4-6-9/h3-7H,2H2,1H3. The predicted molar refractivity (Wildman–Crippen MR) is 59.4 cm³/mol. The SMILES string of the molecule is CCOC(=O)c1cc(F)n(-c2ccc(F)cc2)n1. The summed E-state index contributed by atoms with van der Waals surface area (Å²) in [6.07, 6.45) is 0. The van der Waals surface area contributed by atoms with Gasteiger partial charge in [-0.15, -0.1) is 0 Å². The first kappa shape index (κ1) is 12.2. The molecule has 0 saturated carbocycles. The molecule has 0 spiro atoms. The zero-order chi connectivity index (χ0) is 13.1. The first-order valence-corrected chi connectivity index (χ1v) is 5.30. The molecule has 0 amide bonds. The van der Waals surface area contributed by atoms with E-state index >= 15 is 0 Å². The molecule has 18 heavy (non-hydrogen) atoms. The van der Waals surface area contributed by atoms with Crippen LogP contribution in [0.15, 0.2) is 30.3 Å². The number of rotatable bonds is 3. The van der Waals surface area contributed by atoms with Gasteiger partial charge in [-0.05, 0) is 31.2 Å². The molecule has 0 unspecified atom stereocenters. The van der Waals surface area contributed by atoms with E-state index in [2.05, 4.69) is 5.10 Å². The minimum atomic E-state index is -0.718. The summed E-state index contributed by atoms with van der Waals surface area (Å²) >= 11 is 0. The number of aromatic nitrogens is 2. The van der Waals surface area contributed by atoms with E-state index in [1.165, 1.54) is 24.3 Å². The Morgan fingerprint density at radius 3 is 2.61 bits per heavy atom.